The molecule has 0 atom stereocenters. The number of carbonyl (C=O) groups excluding carboxylic acids is 1. The molecule has 1 aromatic rings. The number of nitrogens with one attached hydrogen (secondary N) is 2. The molecule has 0 unspecified atom stereocenters. The number of aryl methyl sites for hydroxylation is 2. The molecule has 2 N–H and O–H groups in total. The summed E-state index contributed by atoms with van der Waals surface area (Å²) in [5.74, 6) is 0. The van der Waals surface area contributed by atoms with Crippen LogP contribution in [0.25, 0.3) is 0 Å². The zero-order valence-electron chi connectivity index (χ0n) is 17.9. The van der Waals surface area contributed by atoms with E-state index in [2.05, 4.69) is 49.3 Å². The second-order valence-corrected chi connectivity index (χ2v) is 7.95. The number of carbonyl (C=O) groups is 1. The van der Waals surface area contributed by atoms with Crippen molar-refractivity contribution in [3.8, 4) is 0 Å². The first-order valence-corrected chi connectivity index (χ1v) is 11.0. The van der Waals surface area contributed by atoms with Crippen LogP contribution in [0, 0.1) is 13.8 Å². The number of unbranched alkanes of at least 4 members (excludes halogenated alkanes) is 6. The summed E-state index contributed by atoms with van der Waals surface area (Å²) in [6.07, 6.45) is 10.9. The van der Waals surface area contributed by atoms with Crippen molar-refractivity contribution in [2.45, 2.75) is 85.5 Å². The van der Waals surface area contributed by atoms with E-state index in [1.165, 1.54) is 61.8 Å². The maximum atomic E-state index is 12.4. The predicted molar refractivity (Wildman–Crippen MR) is 117 cm³/mol. The fourth-order valence-electron chi connectivity index (χ4n) is 4.05. The molecule has 4 nitrogen and oxygen atoms in total. The highest BCUT2D eigenvalue weighted by molar-refractivity contribution is 5.96. The molecule has 1 aromatic carbocycles. The summed E-state index contributed by atoms with van der Waals surface area (Å²) in [4.78, 5) is 14.9. The fourth-order valence-corrected chi connectivity index (χ4v) is 4.05. The molecule has 1 heterocycles. The van der Waals surface area contributed by atoms with E-state index in [-0.39, 0.29) is 6.03 Å². The quantitative estimate of drug-likeness (QED) is 0.471. The lowest BCUT2D eigenvalue weighted by Gasteiger charge is -2.24. The number of amides is 2. The van der Waals surface area contributed by atoms with Crippen molar-refractivity contribution in [3.63, 3.8) is 0 Å². The third-order valence-corrected chi connectivity index (χ3v) is 5.61. The van der Waals surface area contributed by atoms with Gasteiger partial charge in [0.05, 0.1) is 11.4 Å². The maximum absolute atomic E-state index is 12.4. The van der Waals surface area contributed by atoms with Gasteiger partial charge in [0.15, 0.2) is 0 Å². The molecule has 0 saturated heterocycles. The maximum Gasteiger partial charge on any atom is 0.319 e. The van der Waals surface area contributed by atoms with Crippen molar-refractivity contribution in [3.05, 3.63) is 22.8 Å². The van der Waals surface area contributed by atoms with Gasteiger partial charge in [-0.2, -0.15) is 0 Å². The molecule has 0 bridgehead atoms. The molecule has 2 rings (SSSR count). The molecular formula is C23H39N3O. The second-order valence-electron chi connectivity index (χ2n) is 7.95. The summed E-state index contributed by atoms with van der Waals surface area (Å²) in [6, 6.07) is 2.15. The van der Waals surface area contributed by atoms with Crippen molar-refractivity contribution in [2.75, 3.05) is 29.9 Å². The lowest BCUT2D eigenvalue weighted by atomic mass is 10.0. The first-order valence-electron chi connectivity index (χ1n) is 11.0. The van der Waals surface area contributed by atoms with Gasteiger partial charge < -0.3 is 15.5 Å². The topological polar surface area (TPSA) is 44.4 Å². The van der Waals surface area contributed by atoms with Gasteiger partial charge in [-0.1, -0.05) is 58.4 Å². The largest absolute Gasteiger partial charge is 0.369 e. The fraction of sp³-hybridized carbons (Fsp3) is 0.696. The number of hydrogen-bond donors (Lipinski definition) is 2. The Hall–Kier alpha value is -1.71. The van der Waals surface area contributed by atoms with E-state index in [0.29, 0.717) is 0 Å². The van der Waals surface area contributed by atoms with Crippen LogP contribution in [0.4, 0.5) is 16.2 Å². The van der Waals surface area contributed by atoms with Gasteiger partial charge in [-0.05, 0) is 49.8 Å². The number of rotatable bonds is 11. The molecule has 152 valence electrons. The summed E-state index contributed by atoms with van der Waals surface area (Å²) in [5.41, 5.74) is 6.20. The van der Waals surface area contributed by atoms with Crippen molar-refractivity contribution in [1.29, 1.82) is 0 Å². The Bertz CT molecular complexity index is 612. The van der Waals surface area contributed by atoms with E-state index >= 15 is 0 Å². The van der Waals surface area contributed by atoms with E-state index in [1.54, 1.807) is 0 Å². The minimum Gasteiger partial charge on any atom is -0.369 e. The van der Waals surface area contributed by atoms with Crippen LogP contribution in [0.1, 0.15) is 81.9 Å². The first-order chi connectivity index (χ1) is 13.1. The van der Waals surface area contributed by atoms with Crippen LogP contribution in [0.5, 0.6) is 0 Å². The van der Waals surface area contributed by atoms with E-state index in [1.807, 2.05) is 0 Å². The molecule has 0 fully saturated rings. The molecule has 0 aliphatic carbocycles. The highest BCUT2D eigenvalue weighted by Gasteiger charge is 2.26. The van der Waals surface area contributed by atoms with Crippen molar-refractivity contribution in [1.82, 2.24) is 5.32 Å². The van der Waals surface area contributed by atoms with Gasteiger partial charge in [0.25, 0.3) is 0 Å². The SMILES string of the molecule is CCCCCCNC(=O)Nc1c(C)cc(C)c2c1N(CCCCCC)CC2. The van der Waals surface area contributed by atoms with Crippen LogP contribution in [0.3, 0.4) is 0 Å². The molecule has 1 aliphatic rings. The second kappa shape index (κ2) is 11.2. The minimum atomic E-state index is -0.0708. The van der Waals surface area contributed by atoms with Gasteiger partial charge in [0, 0.05) is 19.6 Å². The average molecular weight is 374 g/mol. The zero-order chi connectivity index (χ0) is 19.6. The van der Waals surface area contributed by atoms with E-state index in [4.69, 9.17) is 0 Å². The molecule has 27 heavy (non-hydrogen) atoms. The van der Waals surface area contributed by atoms with Crippen LogP contribution in [-0.4, -0.2) is 25.7 Å². The molecular weight excluding hydrogens is 334 g/mol. The molecule has 1 aliphatic heterocycles. The Morgan fingerprint density at radius 1 is 1.00 bits per heavy atom. The Morgan fingerprint density at radius 3 is 2.41 bits per heavy atom. The third kappa shape index (κ3) is 6.15. The molecule has 0 aromatic heterocycles. The van der Waals surface area contributed by atoms with Crippen LogP contribution >= 0.6 is 0 Å². The number of nitrogens with zero attached hydrogens (tertiary/aromatic N) is 1. The number of fused-ring (bicyclic) bond motifs is 1. The standard InChI is InChI=1S/C23H39N3O/c1-5-7-9-11-14-24-23(27)25-21-19(4)17-18(3)20-13-16-26(22(20)21)15-12-10-8-6-2/h17H,5-16H2,1-4H3,(H2,24,25,27). The van der Waals surface area contributed by atoms with Crippen molar-refractivity contribution >= 4 is 17.4 Å². The highest BCUT2D eigenvalue weighted by Crippen LogP contribution is 2.40. The lowest BCUT2D eigenvalue weighted by molar-refractivity contribution is 0.252. The van der Waals surface area contributed by atoms with Crippen molar-refractivity contribution in [2.24, 2.45) is 0 Å². The Kier molecular flexibility index (Phi) is 8.96. The molecule has 0 radical (unpaired) electrons. The normalized spacial score (nSPS) is 13.0. The molecule has 4 heteroatoms. The lowest BCUT2D eigenvalue weighted by Crippen LogP contribution is -2.31. The van der Waals surface area contributed by atoms with Gasteiger partial charge in [-0.3, -0.25) is 0 Å². The third-order valence-electron chi connectivity index (χ3n) is 5.61. The Labute approximate surface area is 166 Å². The summed E-state index contributed by atoms with van der Waals surface area (Å²) >= 11 is 0. The van der Waals surface area contributed by atoms with Gasteiger partial charge in [0.2, 0.25) is 0 Å². The Balaban J connectivity index is 2.03. The van der Waals surface area contributed by atoms with Crippen LogP contribution in [0.2, 0.25) is 0 Å². The molecule has 2 amide bonds. The average Bonchev–Trinajstić information content (AvgIpc) is 3.06. The highest BCUT2D eigenvalue weighted by atomic mass is 16.2. The zero-order valence-corrected chi connectivity index (χ0v) is 17.9. The van der Waals surface area contributed by atoms with Gasteiger partial charge in [0.1, 0.15) is 0 Å². The van der Waals surface area contributed by atoms with Gasteiger partial charge in [-0.25, -0.2) is 4.79 Å². The Morgan fingerprint density at radius 2 is 1.70 bits per heavy atom. The number of anilines is 2. The van der Waals surface area contributed by atoms with Crippen LogP contribution < -0.4 is 15.5 Å². The summed E-state index contributed by atoms with van der Waals surface area (Å²) < 4.78 is 0. The summed E-state index contributed by atoms with van der Waals surface area (Å²) in [5, 5.41) is 6.20. The van der Waals surface area contributed by atoms with Crippen LogP contribution in [-0.2, 0) is 6.42 Å². The van der Waals surface area contributed by atoms with Crippen LogP contribution in [0.15, 0.2) is 6.07 Å². The summed E-state index contributed by atoms with van der Waals surface area (Å²) in [6.45, 7) is 11.7. The van der Waals surface area contributed by atoms with Gasteiger partial charge >= 0.3 is 6.03 Å². The monoisotopic (exact) mass is 373 g/mol. The van der Waals surface area contributed by atoms with E-state index in [9.17, 15) is 4.79 Å². The van der Waals surface area contributed by atoms with E-state index < -0.39 is 0 Å². The smallest absolute Gasteiger partial charge is 0.319 e. The van der Waals surface area contributed by atoms with E-state index in [0.717, 1.165) is 43.7 Å². The number of benzene rings is 1. The summed E-state index contributed by atoms with van der Waals surface area (Å²) in [7, 11) is 0. The first kappa shape index (κ1) is 21.6. The molecule has 0 saturated carbocycles. The number of hydrogen-bond acceptors (Lipinski definition) is 2. The minimum absolute atomic E-state index is 0.0708. The van der Waals surface area contributed by atoms with Crippen molar-refractivity contribution < 1.29 is 4.79 Å². The van der Waals surface area contributed by atoms with Gasteiger partial charge in [-0.15, -0.1) is 0 Å². The predicted octanol–water partition coefficient (Wildman–Crippen LogP) is 5.95. The number of urea groups is 1. The molecule has 0 spiro atoms.